The fourth-order valence-corrected chi connectivity index (χ4v) is 3.92. The minimum Gasteiger partial charge on any atom is -0.415 e. The number of aliphatic hydroxyl groups is 4. The second-order valence-corrected chi connectivity index (χ2v) is 9.40. The van der Waals surface area contributed by atoms with Crippen LogP contribution in [0.4, 0.5) is 0 Å². The summed E-state index contributed by atoms with van der Waals surface area (Å²) in [5.41, 5.74) is 3.25. The second-order valence-electron chi connectivity index (χ2n) is 9.40. The smallest absolute Gasteiger partial charge is 0.271 e. The quantitative estimate of drug-likeness (QED) is 0.406. The zero-order valence-corrected chi connectivity index (χ0v) is 18.9. The molecule has 1 aliphatic heterocycles. The zero-order chi connectivity index (χ0) is 23.8. The van der Waals surface area contributed by atoms with Crippen molar-refractivity contribution < 1.29 is 34.1 Å². The topological polar surface area (TPSA) is 129 Å². The number of hydrogen-bond donors (Lipinski definition) is 4. The molecule has 9 nitrogen and oxygen atoms in total. The van der Waals surface area contributed by atoms with E-state index < -0.39 is 37.1 Å². The highest BCUT2D eigenvalue weighted by Crippen LogP contribution is 2.34. The van der Waals surface area contributed by atoms with Crippen molar-refractivity contribution in [2.24, 2.45) is 0 Å². The minimum atomic E-state index is -1.42. The summed E-state index contributed by atoms with van der Waals surface area (Å²) >= 11 is 0. The predicted octanol–water partition coefficient (Wildman–Crippen LogP) is 1.12. The first-order valence-electron chi connectivity index (χ1n) is 10.8. The van der Waals surface area contributed by atoms with Gasteiger partial charge in [0.25, 0.3) is 5.89 Å². The van der Waals surface area contributed by atoms with Gasteiger partial charge in [-0.1, -0.05) is 30.3 Å². The summed E-state index contributed by atoms with van der Waals surface area (Å²) in [7, 11) is 6.16. The molecule has 4 rings (SSSR count). The highest BCUT2D eigenvalue weighted by molar-refractivity contribution is 5.68. The molecular weight excluding hydrogens is 426 g/mol. The van der Waals surface area contributed by atoms with Gasteiger partial charge < -0.3 is 34.1 Å². The largest absolute Gasteiger partial charge is 0.415 e. The highest BCUT2D eigenvalue weighted by atomic mass is 16.5. The van der Waals surface area contributed by atoms with Crippen molar-refractivity contribution in [1.82, 2.24) is 10.2 Å². The summed E-state index contributed by atoms with van der Waals surface area (Å²) in [6, 6.07) is 15.1. The molecule has 0 bridgehead atoms. The summed E-state index contributed by atoms with van der Waals surface area (Å²) in [5, 5.41) is 48.3. The number of nitrogens with zero attached hydrogens (tertiary/aromatic N) is 3. The third-order valence-corrected chi connectivity index (χ3v) is 5.65. The van der Waals surface area contributed by atoms with Crippen LogP contribution in [-0.2, 0) is 11.3 Å². The van der Waals surface area contributed by atoms with Gasteiger partial charge in [0.1, 0.15) is 30.5 Å². The Balaban J connectivity index is 1.54. The van der Waals surface area contributed by atoms with E-state index in [0.717, 1.165) is 16.7 Å². The molecule has 0 aliphatic carbocycles. The average Bonchev–Trinajstić information content (AvgIpc) is 3.25. The molecule has 176 valence electrons. The van der Waals surface area contributed by atoms with E-state index in [2.05, 4.69) is 31.3 Å². The lowest BCUT2D eigenvalue weighted by Gasteiger charge is -2.40. The SMILES string of the molecule is C[N+](C)(C)Cc1nnc(-c2ccc(-c3cccc([C@H]4O[C@H](CO)[C@@H](O)[C@H](O)[C@H]4O)c3)cc2)o1. The number of aromatic nitrogens is 2. The Kier molecular flexibility index (Phi) is 6.62. The molecule has 0 saturated carbocycles. The van der Waals surface area contributed by atoms with Crippen LogP contribution in [0.25, 0.3) is 22.6 Å². The molecule has 4 N–H and O–H groups in total. The van der Waals surface area contributed by atoms with Gasteiger partial charge in [-0.15, -0.1) is 10.2 Å². The van der Waals surface area contributed by atoms with E-state index in [4.69, 9.17) is 9.15 Å². The summed E-state index contributed by atoms with van der Waals surface area (Å²) < 4.78 is 12.2. The Labute approximate surface area is 192 Å². The van der Waals surface area contributed by atoms with Crippen molar-refractivity contribution in [3.63, 3.8) is 0 Å². The van der Waals surface area contributed by atoms with E-state index >= 15 is 0 Å². The number of benzene rings is 2. The third kappa shape index (κ3) is 5.14. The van der Waals surface area contributed by atoms with E-state index in [1.54, 1.807) is 6.07 Å². The standard InChI is InChI=1S/C24H30N3O6/c1-27(2,3)12-19-25-26-24(33-19)15-9-7-14(8-10-15)16-5-4-6-17(11-16)23-22(31)21(30)20(29)18(13-28)32-23/h4-11,18,20-23,28-31H,12-13H2,1-3H3/q+1/t18-,20-,21+,22-,23-/m1/s1. The summed E-state index contributed by atoms with van der Waals surface area (Å²) in [6.45, 7) is 0.171. The van der Waals surface area contributed by atoms with Crippen LogP contribution < -0.4 is 0 Å². The molecule has 1 fully saturated rings. The molecular formula is C24H30N3O6+. The molecule has 0 radical (unpaired) electrons. The van der Waals surface area contributed by atoms with Crippen molar-refractivity contribution in [1.29, 1.82) is 0 Å². The first-order chi connectivity index (χ1) is 15.7. The van der Waals surface area contributed by atoms with Gasteiger partial charge in [0.05, 0.1) is 27.7 Å². The third-order valence-electron chi connectivity index (χ3n) is 5.65. The molecule has 33 heavy (non-hydrogen) atoms. The van der Waals surface area contributed by atoms with Gasteiger partial charge in [0.2, 0.25) is 5.89 Å². The number of ether oxygens (including phenoxy) is 1. The molecule has 9 heteroatoms. The van der Waals surface area contributed by atoms with Crippen molar-refractivity contribution in [2.75, 3.05) is 27.7 Å². The Morgan fingerprint density at radius 1 is 0.848 bits per heavy atom. The molecule has 1 aliphatic rings. The van der Waals surface area contributed by atoms with Gasteiger partial charge in [0.15, 0.2) is 6.54 Å². The molecule has 2 heterocycles. The first kappa shape index (κ1) is 23.5. The van der Waals surface area contributed by atoms with Gasteiger partial charge in [-0.3, -0.25) is 0 Å². The van der Waals surface area contributed by atoms with Crippen LogP contribution >= 0.6 is 0 Å². The lowest BCUT2D eigenvalue weighted by molar-refractivity contribution is -0.885. The Morgan fingerprint density at radius 2 is 1.55 bits per heavy atom. The van der Waals surface area contributed by atoms with E-state index in [0.29, 0.717) is 28.4 Å². The van der Waals surface area contributed by atoms with Gasteiger partial charge >= 0.3 is 0 Å². The van der Waals surface area contributed by atoms with Crippen LogP contribution in [0.2, 0.25) is 0 Å². The summed E-state index contributed by atoms with van der Waals surface area (Å²) in [4.78, 5) is 0. The number of hydrogen-bond acceptors (Lipinski definition) is 8. The maximum absolute atomic E-state index is 10.4. The van der Waals surface area contributed by atoms with Crippen LogP contribution in [0, 0.1) is 0 Å². The number of aliphatic hydroxyl groups excluding tert-OH is 4. The normalized spacial score (nSPS) is 25.8. The fraction of sp³-hybridized carbons (Fsp3) is 0.417. The van der Waals surface area contributed by atoms with Gasteiger partial charge in [-0.05, 0) is 34.9 Å². The van der Waals surface area contributed by atoms with E-state index in [1.807, 2.05) is 42.5 Å². The number of rotatable bonds is 6. The molecule has 0 amide bonds. The zero-order valence-electron chi connectivity index (χ0n) is 18.9. The molecule has 3 aromatic rings. The lowest BCUT2D eigenvalue weighted by atomic mass is 9.90. The number of quaternary nitrogens is 1. The van der Waals surface area contributed by atoms with Gasteiger partial charge in [-0.25, -0.2) is 0 Å². The molecule has 0 unspecified atom stereocenters. The molecule has 2 aromatic carbocycles. The Morgan fingerprint density at radius 3 is 2.21 bits per heavy atom. The average molecular weight is 457 g/mol. The van der Waals surface area contributed by atoms with Crippen LogP contribution in [0.15, 0.2) is 52.9 Å². The highest BCUT2D eigenvalue weighted by Gasteiger charge is 2.43. The fourth-order valence-electron chi connectivity index (χ4n) is 3.92. The van der Waals surface area contributed by atoms with E-state index in [-0.39, 0.29) is 0 Å². The van der Waals surface area contributed by atoms with Crippen LogP contribution in [-0.4, -0.2) is 87.3 Å². The van der Waals surface area contributed by atoms with Crippen LogP contribution in [0.5, 0.6) is 0 Å². The first-order valence-corrected chi connectivity index (χ1v) is 10.8. The Bertz CT molecular complexity index is 1080. The monoisotopic (exact) mass is 456 g/mol. The van der Waals surface area contributed by atoms with Crippen LogP contribution in [0.1, 0.15) is 17.6 Å². The predicted molar refractivity (Wildman–Crippen MR) is 120 cm³/mol. The maximum atomic E-state index is 10.4. The molecule has 0 spiro atoms. The Hall–Kier alpha value is -2.66. The molecule has 1 saturated heterocycles. The second kappa shape index (κ2) is 9.30. The van der Waals surface area contributed by atoms with E-state index in [9.17, 15) is 20.4 Å². The van der Waals surface area contributed by atoms with Crippen molar-refractivity contribution in [3.8, 4) is 22.6 Å². The molecule has 1 aromatic heterocycles. The lowest BCUT2D eigenvalue weighted by Crippen LogP contribution is -2.55. The molecule has 5 atom stereocenters. The maximum Gasteiger partial charge on any atom is 0.271 e. The minimum absolute atomic E-state index is 0.458. The van der Waals surface area contributed by atoms with Crippen LogP contribution in [0.3, 0.4) is 0 Å². The summed E-state index contributed by atoms with van der Waals surface area (Å²) in [6.07, 6.45) is -5.95. The summed E-state index contributed by atoms with van der Waals surface area (Å²) in [5.74, 6) is 1.04. The van der Waals surface area contributed by atoms with Gasteiger partial charge in [0, 0.05) is 5.56 Å². The van der Waals surface area contributed by atoms with Crippen molar-refractivity contribution in [2.45, 2.75) is 37.1 Å². The van der Waals surface area contributed by atoms with E-state index in [1.165, 1.54) is 0 Å². The van der Waals surface area contributed by atoms with Crippen molar-refractivity contribution in [3.05, 3.63) is 60.0 Å². The van der Waals surface area contributed by atoms with Gasteiger partial charge in [-0.2, -0.15) is 0 Å². The van der Waals surface area contributed by atoms with Crippen molar-refractivity contribution >= 4 is 0 Å².